The lowest BCUT2D eigenvalue weighted by molar-refractivity contribution is 0.390. The maximum absolute atomic E-state index is 14.0. The first kappa shape index (κ1) is 17.5. The molecule has 0 atom stereocenters. The fourth-order valence-electron chi connectivity index (χ4n) is 2.53. The third-order valence-corrected chi connectivity index (χ3v) is 6.26. The van der Waals surface area contributed by atoms with Crippen LogP contribution in [0.15, 0.2) is 46.9 Å². The number of sulfonamides is 1. The van der Waals surface area contributed by atoms with Crippen LogP contribution in [0.25, 0.3) is 0 Å². The molecular formula is C17H16BrF2NO2S. The van der Waals surface area contributed by atoms with Crippen molar-refractivity contribution in [1.29, 1.82) is 0 Å². The van der Waals surface area contributed by atoms with Crippen molar-refractivity contribution in [2.75, 3.05) is 0 Å². The maximum atomic E-state index is 14.0. The number of hydrogen-bond donors (Lipinski definition) is 0. The van der Waals surface area contributed by atoms with Crippen molar-refractivity contribution in [3.05, 3.63) is 69.7 Å². The molecule has 7 heteroatoms. The molecule has 0 N–H and O–H groups in total. The summed E-state index contributed by atoms with van der Waals surface area (Å²) in [6.45, 7) is -0.0299. The molecule has 1 saturated carbocycles. The zero-order valence-corrected chi connectivity index (χ0v) is 15.2. The lowest BCUT2D eigenvalue weighted by Crippen LogP contribution is -2.34. The average molecular weight is 416 g/mol. The molecule has 0 amide bonds. The third kappa shape index (κ3) is 4.02. The van der Waals surface area contributed by atoms with E-state index in [0.717, 1.165) is 12.8 Å². The van der Waals surface area contributed by atoms with Gasteiger partial charge in [-0.2, -0.15) is 4.31 Å². The third-order valence-electron chi connectivity index (χ3n) is 3.95. The molecule has 0 radical (unpaired) electrons. The van der Waals surface area contributed by atoms with E-state index >= 15 is 0 Å². The van der Waals surface area contributed by atoms with E-state index in [9.17, 15) is 17.2 Å². The Bertz CT molecular complexity index is 853. The van der Waals surface area contributed by atoms with Crippen molar-refractivity contribution < 1.29 is 17.2 Å². The Labute approximate surface area is 148 Å². The molecule has 3 rings (SSSR count). The molecule has 1 aliphatic rings. The lowest BCUT2D eigenvalue weighted by atomic mass is 10.2. The number of halogens is 3. The maximum Gasteiger partial charge on any atom is 0.218 e. The summed E-state index contributed by atoms with van der Waals surface area (Å²) >= 11 is 3.15. The first-order valence-corrected chi connectivity index (χ1v) is 9.94. The minimum absolute atomic E-state index is 0.0299. The Morgan fingerprint density at radius 3 is 2.38 bits per heavy atom. The van der Waals surface area contributed by atoms with Crippen molar-refractivity contribution in [3.8, 4) is 0 Å². The molecular weight excluding hydrogens is 400 g/mol. The molecule has 1 fully saturated rings. The number of benzene rings is 2. The van der Waals surface area contributed by atoms with Gasteiger partial charge in [-0.3, -0.25) is 0 Å². The van der Waals surface area contributed by atoms with Crippen molar-refractivity contribution in [1.82, 2.24) is 4.31 Å². The van der Waals surface area contributed by atoms with Gasteiger partial charge in [0, 0.05) is 28.2 Å². The van der Waals surface area contributed by atoms with Gasteiger partial charge in [0.05, 0.1) is 5.75 Å². The monoisotopic (exact) mass is 415 g/mol. The predicted molar refractivity (Wildman–Crippen MR) is 91.7 cm³/mol. The highest BCUT2D eigenvalue weighted by Crippen LogP contribution is 2.33. The van der Waals surface area contributed by atoms with Crippen molar-refractivity contribution in [3.63, 3.8) is 0 Å². The Balaban J connectivity index is 1.86. The Morgan fingerprint density at radius 1 is 1.04 bits per heavy atom. The predicted octanol–water partition coefficient (Wildman–Crippen LogP) is 4.22. The molecule has 0 saturated heterocycles. The molecule has 0 unspecified atom stereocenters. The number of hydrogen-bond acceptors (Lipinski definition) is 2. The summed E-state index contributed by atoms with van der Waals surface area (Å²) in [7, 11) is -3.75. The Morgan fingerprint density at radius 2 is 1.75 bits per heavy atom. The van der Waals surface area contributed by atoms with Crippen LogP contribution in [0.4, 0.5) is 8.78 Å². The molecule has 2 aromatic carbocycles. The minimum Gasteiger partial charge on any atom is -0.212 e. The molecule has 0 aliphatic heterocycles. The Hall–Kier alpha value is -1.31. The van der Waals surface area contributed by atoms with E-state index in [0.29, 0.717) is 10.0 Å². The van der Waals surface area contributed by atoms with Gasteiger partial charge < -0.3 is 0 Å². The van der Waals surface area contributed by atoms with Crippen molar-refractivity contribution in [2.45, 2.75) is 31.2 Å². The molecule has 2 aromatic rings. The van der Waals surface area contributed by atoms with Crippen LogP contribution in [0.2, 0.25) is 0 Å². The quantitative estimate of drug-likeness (QED) is 0.707. The van der Waals surface area contributed by atoms with Crippen LogP contribution < -0.4 is 0 Å². The van der Waals surface area contributed by atoms with E-state index in [2.05, 4.69) is 15.9 Å². The van der Waals surface area contributed by atoms with Gasteiger partial charge in [0.1, 0.15) is 11.6 Å². The van der Waals surface area contributed by atoms with Crippen LogP contribution in [-0.2, 0) is 22.3 Å². The SMILES string of the molecule is O=S(=O)(Cc1ccc(Br)cc1F)N(Cc1ccccc1F)C1CC1. The first-order valence-electron chi connectivity index (χ1n) is 7.53. The topological polar surface area (TPSA) is 37.4 Å². The Kier molecular flexibility index (Phi) is 5.03. The molecule has 1 aliphatic carbocycles. The van der Waals surface area contributed by atoms with E-state index in [-0.39, 0.29) is 18.2 Å². The van der Waals surface area contributed by atoms with Crippen molar-refractivity contribution >= 4 is 26.0 Å². The van der Waals surface area contributed by atoms with Crippen LogP contribution in [0.5, 0.6) is 0 Å². The van der Waals surface area contributed by atoms with Crippen molar-refractivity contribution in [2.24, 2.45) is 0 Å². The molecule has 128 valence electrons. The van der Waals surface area contributed by atoms with Crippen LogP contribution in [0.3, 0.4) is 0 Å². The van der Waals surface area contributed by atoms with Crippen LogP contribution in [0, 0.1) is 11.6 Å². The number of rotatable bonds is 6. The van der Waals surface area contributed by atoms with E-state index in [1.165, 1.54) is 22.5 Å². The molecule has 24 heavy (non-hydrogen) atoms. The second-order valence-electron chi connectivity index (χ2n) is 5.86. The van der Waals surface area contributed by atoms with E-state index < -0.39 is 27.4 Å². The smallest absolute Gasteiger partial charge is 0.212 e. The van der Waals surface area contributed by atoms with Gasteiger partial charge in [-0.05, 0) is 31.0 Å². The normalized spacial score (nSPS) is 15.0. The average Bonchev–Trinajstić information content (AvgIpc) is 3.33. The first-order chi connectivity index (χ1) is 11.4. The molecule has 0 heterocycles. The molecule has 3 nitrogen and oxygen atoms in total. The summed E-state index contributed by atoms with van der Waals surface area (Å²) < 4.78 is 55.2. The van der Waals surface area contributed by atoms with Gasteiger partial charge in [-0.25, -0.2) is 17.2 Å². The fourth-order valence-corrected chi connectivity index (χ4v) is 4.66. The molecule has 0 aromatic heterocycles. The highest BCUT2D eigenvalue weighted by atomic mass is 79.9. The van der Waals surface area contributed by atoms with E-state index in [1.807, 2.05) is 0 Å². The second kappa shape index (κ2) is 6.90. The van der Waals surface area contributed by atoms with Gasteiger partial charge >= 0.3 is 0 Å². The zero-order chi connectivity index (χ0) is 17.3. The minimum atomic E-state index is -3.75. The van der Waals surface area contributed by atoms with Crippen LogP contribution in [0.1, 0.15) is 24.0 Å². The summed E-state index contributed by atoms with van der Waals surface area (Å²) in [5, 5.41) is 0. The van der Waals surface area contributed by atoms with Gasteiger partial charge in [-0.1, -0.05) is 40.2 Å². The highest BCUT2D eigenvalue weighted by molar-refractivity contribution is 9.10. The summed E-state index contributed by atoms with van der Waals surface area (Å²) in [6.07, 6.45) is 1.49. The fraction of sp³-hybridized carbons (Fsp3) is 0.294. The van der Waals surface area contributed by atoms with Gasteiger partial charge in [0.2, 0.25) is 10.0 Å². The largest absolute Gasteiger partial charge is 0.218 e. The molecule has 0 bridgehead atoms. The highest BCUT2D eigenvalue weighted by Gasteiger charge is 2.37. The van der Waals surface area contributed by atoms with Gasteiger partial charge in [0.25, 0.3) is 0 Å². The number of nitrogens with zero attached hydrogens (tertiary/aromatic N) is 1. The van der Waals surface area contributed by atoms with E-state index in [1.54, 1.807) is 24.3 Å². The zero-order valence-electron chi connectivity index (χ0n) is 12.8. The van der Waals surface area contributed by atoms with Gasteiger partial charge in [-0.15, -0.1) is 0 Å². The summed E-state index contributed by atoms with van der Waals surface area (Å²) in [5.41, 5.74) is 0.432. The summed E-state index contributed by atoms with van der Waals surface area (Å²) in [5.74, 6) is -1.44. The standard InChI is InChI=1S/C17H16BrF2NO2S/c18-14-6-5-13(17(20)9-14)11-24(22,23)21(15-7-8-15)10-12-3-1-2-4-16(12)19/h1-6,9,15H,7-8,10-11H2. The van der Waals surface area contributed by atoms with E-state index in [4.69, 9.17) is 0 Å². The molecule has 0 spiro atoms. The van der Waals surface area contributed by atoms with Crippen LogP contribution in [-0.4, -0.2) is 18.8 Å². The second-order valence-corrected chi connectivity index (χ2v) is 8.70. The van der Waals surface area contributed by atoms with Crippen LogP contribution >= 0.6 is 15.9 Å². The van der Waals surface area contributed by atoms with Gasteiger partial charge in [0.15, 0.2) is 0 Å². The lowest BCUT2D eigenvalue weighted by Gasteiger charge is -2.22. The summed E-state index contributed by atoms with van der Waals surface area (Å²) in [4.78, 5) is 0. The summed E-state index contributed by atoms with van der Waals surface area (Å²) in [6, 6.07) is 10.3.